The summed E-state index contributed by atoms with van der Waals surface area (Å²) in [7, 11) is 0. The smallest absolute Gasteiger partial charge is 0.0999 e. The summed E-state index contributed by atoms with van der Waals surface area (Å²) in [5, 5.41) is 12.0. The molecule has 79 heavy (non-hydrogen) atoms. The molecule has 4 aromatic heterocycles. The number of aryl methyl sites for hydroxylation is 4. The molecular weight excluding hydrogens is 1060 g/mol. The summed E-state index contributed by atoms with van der Waals surface area (Å²) >= 11 is 6.93. The van der Waals surface area contributed by atoms with Gasteiger partial charge in [0.15, 0.2) is 0 Å². The maximum Gasteiger partial charge on any atom is 0.0999 e. The van der Waals surface area contributed by atoms with Crippen molar-refractivity contribution in [3.8, 4) is 45.3 Å². The Balaban J connectivity index is 0.000000186. The molecule has 12 heteroatoms. The first-order valence-electron chi connectivity index (χ1n) is 25.1. The van der Waals surface area contributed by atoms with E-state index < -0.39 is 0 Å². The van der Waals surface area contributed by atoms with Crippen LogP contribution in [0.15, 0.2) is 261 Å². The Morgan fingerprint density at radius 2 is 0.861 bits per heavy atom. The van der Waals surface area contributed by atoms with E-state index in [-0.39, 0.29) is 14.9 Å². The number of anilines is 5. The van der Waals surface area contributed by atoms with Crippen molar-refractivity contribution in [2.75, 3.05) is 16.5 Å². The highest BCUT2D eigenvalue weighted by molar-refractivity contribution is 9.10. The van der Waals surface area contributed by atoms with Crippen LogP contribution >= 0.6 is 28.6 Å². The Hall–Kier alpha value is -8.97. The van der Waals surface area contributed by atoms with Crippen molar-refractivity contribution in [2.24, 2.45) is 0 Å². The molecule has 12 aromatic rings. The van der Waals surface area contributed by atoms with Gasteiger partial charge in [-0.1, -0.05) is 140 Å². The fraction of sp³-hybridized carbons (Fsp3) is 0.104. The van der Waals surface area contributed by atoms with Gasteiger partial charge in [-0.3, -0.25) is 0 Å². The number of halogens is 1. The molecule has 0 aliphatic rings. The normalized spacial score (nSPS) is 10.3. The monoisotopic (exact) mass is 1120 g/mol. The first kappa shape index (κ1) is 57.7. The fourth-order valence-electron chi connectivity index (χ4n) is 9.12. The highest BCUT2D eigenvalue weighted by Crippen LogP contribution is 2.37. The van der Waals surface area contributed by atoms with E-state index in [1.807, 2.05) is 95.1 Å². The Morgan fingerprint density at radius 1 is 0.430 bits per heavy atom. The van der Waals surface area contributed by atoms with Gasteiger partial charge >= 0.3 is 0 Å². The molecule has 0 radical (unpaired) electrons. The van der Waals surface area contributed by atoms with E-state index >= 15 is 0 Å². The summed E-state index contributed by atoms with van der Waals surface area (Å²) in [4.78, 5) is 11.7. The predicted molar refractivity (Wildman–Crippen MR) is 338 cm³/mol. The zero-order valence-electron chi connectivity index (χ0n) is 43.6. The number of thiol groups is 1. The predicted octanol–water partition coefficient (Wildman–Crippen LogP) is 18.2. The number of nitrogens with one attached hydrogen (secondary N) is 1. The number of para-hydroxylation sites is 4. The van der Waals surface area contributed by atoms with Gasteiger partial charge < -0.3 is 19.4 Å². The summed E-state index contributed by atoms with van der Waals surface area (Å²) in [6, 6.07) is 70.5. The summed E-state index contributed by atoms with van der Waals surface area (Å²) in [5.41, 5.74) is 18.8. The lowest BCUT2D eigenvalue weighted by atomic mass is 10.1. The molecule has 0 atom stereocenters. The number of hydrogen-bond donors (Lipinski definition) is 2. The van der Waals surface area contributed by atoms with Crippen molar-refractivity contribution in [2.45, 2.75) is 42.5 Å². The molecule has 1 N–H and O–H groups in total. The van der Waals surface area contributed by atoms with Crippen molar-refractivity contribution in [1.29, 1.82) is 0 Å². The van der Waals surface area contributed by atoms with Gasteiger partial charge in [0.25, 0.3) is 0 Å². The third kappa shape index (κ3) is 14.3. The molecule has 12 rings (SSSR count). The molecule has 0 saturated carbocycles. The largest absolute Gasteiger partial charge is 0.356 e. The van der Waals surface area contributed by atoms with Gasteiger partial charge in [0.2, 0.25) is 0 Å². The van der Waals surface area contributed by atoms with Crippen molar-refractivity contribution in [3.63, 3.8) is 0 Å². The van der Waals surface area contributed by atoms with Crippen LogP contribution in [0, 0.1) is 27.7 Å². The summed E-state index contributed by atoms with van der Waals surface area (Å²) in [5.74, 6) is 0. The highest BCUT2D eigenvalue weighted by Gasteiger charge is 2.16. The van der Waals surface area contributed by atoms with E-state index in [1.54, 1.807) is 18.6 Å². The van der Waals surface area contributed by atoms with Gasteiger partial charge in [-0.25, -0.2) is 19.3 Å². The SMILES string of the molecule is Brc1cccc(-n2cccn2)c1.C.C.CS.Cc1cccc(C)c1-n1cnc(-c2cccc(N(c3ccccc3)c3cccc(-n4cccn4)c3)c2)c1.Cc1cccc(C)c1-n1cnc(-c2cccc(Nc3ccccc3)c2)c1. The summed E-state index contributed by atoms with van der Waals surface area (Å²) in [6.45, 7) is 8.54. The van der Waals surface area contributed by atoms with Gasteiger partial charge in [-0.15, -0.1) is 0 Å². The second kappa shape index (κ2) is 27.9. The highest BCUT2D eigenvalue weighted by atomic mass is 79.9. The number of rotatable bonds is 11. The van der Waals surface area contributed by atoms with Gasteiger partial charge in [0.1, 0.15) is 0 Å². The van der Waals surface area contributed by atoms with Crippen LogP contribution in [0.1, 0.15) is 37.1 Å². The van der Waals surface area contributed by atoms with Crippen LogP contribution in [0.4, 0.5) is 28.4 Å². The Bertz CT molecular complexity index is 3740. The van der Waals surface area contributed by atoms with Crippen molar-refractivity contribution < 1.29 is 0 Å². The number of aromatic nitrogens is 8. The summed E-state index contributed by atoms with van der Waals surface area (Å²) < 4.78 is 9.00. The van der Waals surface area contributed by atoms with Crippen LogP contribution in [0.25, 0.3) is 45.3 Å². The van der Waals surface area contributed by atoms with Gasteiger partial charge in [-0.2, -0.15) is 22.8 Å². The molecular formula is C67H67BrN10S. The minimum Gasteiger partial charge on any atom is -0.356 e. The van der Waals surface area contributed by atoms with E-state index in [4.69, 9.17) is 4.98 Å². The molecule has 10 nitrogen and oxygen atoms in total. The lowest BCUT2D eigenvalue weighted by Gasteiger charge is -2.26. The second-order valence-corrected chi connectivity index (χ2v) is 18.9. The van der Waals surface area contributed by atoms with Crippen LogP contribution in [0.5, 0.6) is 0 Å². The van der Waals surface area contributed by atoms with Crippen LogP contribution in [-0.2, 0) is 0 Å². The molecule has 0 saturated heterocycles. The first-order valence-corrected chi connectivity index (χ1v) is 26.8. The number of benzene rings is 8. The van der Waals surface area contributed by atoms with Gasteiger partial charge in [0.05, 0.1) is 46.8 Å². The van der Waals surface area contributed by atoms with E-state index in [1.165, 1.54) is 33.6 Å². The van der Waals surface area contributed by atoms with Crippen LogP contribution in [0.2, 0.25) is 0 Å². The molecule has 8 aromatic carbocycles. The minimum atomic E-state index is 0. The zero-order valence-corrected chi connectivity index (χ0v) is 46.1. The number of imidazole rings is 2. The molecule has 0 bridgehead atoms. The molecule has 0 fully saturated rings. The lowest BCUT2D eigenvalue weighted by Crippen LogP contribution is -2.10. The molecule has 0 aliphatic heterocycles. The molecule has 0 aliphatic carbocycles. The molecule has 4 heterocycles. The van der Waals surface area contributed by atoms with Crippen molar-refractivity contribution >= 4 is 57.0 Å². The first-order chi connectivity index (χ1) is 37.7. The van der Waals surface area contributed by atoms with Crippen molar-refractivity contribution in [3.05, 3.63) is 283 Å². The standard InChI is InChI=1S/C32H27N5.C23H21N3.C9H7BrN2.CH4S.2CH4/c1-24-10-6-11-25(2)32(24)35-22-31(33-23-35)26-12-7-16-29(20-26)37(27-13-4-3-5-14-27)30-17-8-15-28(21-30)36-19-9-18-34-36;1-17-8-6-9-18(2)23(17)26-15-22(24-16-26)19-10-7-13-21(14-19)25-20-11-4-3-5-12-20;10-8-3-1-4-9(7-8)12-6-2-5-11-12;1-2;;/h3-23H,1-2H3;3-16,25H,1-2H3;1-7H;2H,1H3;2*1H4. The average molecular weight is 1120 g/mol. The van der Waals surface area contributed by atoms with Gasteiger partial charge in [0, 0.05) is 81.2 Å². The fourth-order valence-corrected chi connectivity index (χ4v) is 9.51. The number of nitrogens with zero attached hydrogens (tertiary/aromatic N) is 9. The van der Waals surface area contributed by atoms with E-state index in [0.29, 0.717) is 0 Å². The van der Waals surface area contributed by atoms with E-state index in [0.717, 1.165) is 66.8 Å². The lowest BCUT2D eigenvalue weighted by molar-refractivity contribution is 0.880. The topological polar surface area (TPSA) is 86.6 Å². The van der Waals surface area contributed by atoms with Gasteiger partial charge in [-0.05, 0) is 153 Å². The average Bonchev–Trinajstić information content (AvgIpc) is 4.40. The minimum absolute atomic E-state index is 0. The third-order valence-corrected chi connectivity index (χ3v) is 13.1. The van der Waals surface area contributed by atoms with Crippen LogP contribution in [0.3, 0.4) is 0 Å². The Kier molecular flexibility index (Phi) is 20.4. The van der Waals surface area contributed by atoms with Crippen LogP contribution in [-0.4, -0.2) is 44.9 Å². The van der Waals surface area contributed by atoms with Crippen LogP contribution < -0.4 is 10.2 Å². The maximum atomic E-state index is 4.77. The summed E-state index contributed by atoms with van der Waals surface area (Å²) in [6.07, 6.45) is 17.1. The second-order valence-electron chi connectivity index (χ2n) is 18.0. The molecule has 0 unspecified atom stereocenters. The van der Waals surface area contributed by atoms with E-state index in [9.17, 15) is 0 Å². The molecule has 0 spiro atoms. The van der Waals surface area contributed by atoms with Crippen molar-refractivity contribution in [1.82, 2.24) is 38.7 Å². The molecule has 0 amide bonds. The Labute approximate surface area is 479 Å². The third-order valence-electron chi connectivity index (χ3n) is 12.6. The molecule has 398 valence electrons. The maximum absolute atomic E-state index is 4.77. The Morgan fingerprint density at radius 3 is 1.38 bits per heavy atom. The quantitative estimate of drug-likeness (QED) is 0.126. The van der Waals surface area contributed by atoms with E-state index in [2.05, 4.69) is 249 Å². The zero-order chi connectivity index (χ0) is 53.5. The number of hydrogen-bond acceptors (Lipinski definition) is 7.